The number of nitrogens with one attached hydrogen (secondary N) is 2. The molecule has 102 valence electrons. The summed E-state index contributed by atoms with van der Waals surface area (Å²) in [7, 11) is 0. The van der Waals surface area contributed by atoms with Gasteiger partial charge in [0.15, 0.2) is 0 Å². The lowest BCUT2D eigenvalue weighted by molar-refractivity contribution is -0.120. The summed E-state index contributed by atoms with van der Waals surface area (Å²) in [6.07, 6.45) is 4.34. The van der Waals surface area contributed by atoms with Crippen LogP contribution in [-0.2, 0) is 11.2 Å². The number of amides is 1. The van der Waals surface area contributed by atoms with Gasteiger partial charge in [0, 0.05) is 17.8 Å². The van der Waals surface area contributed by atoms with Crippen LogP contribution in [-0.4, -0.2) is 18.0 Å². The van der Waals surface area contributed by atoms with E-state index in [1.54, 1.807) is 0 Å². The van der Waals surface area contributed by atoms with E-state index in [-0.39, 0.29) is 11.8 Å². The first-order valence-corrected chi connectivity index (χ1v) is 7.34. The standard InChI is InChI=1S/C16H22N2O/c1-3-11-6-4-5-10(2)15(11)18-16(19)13-9-12-7-8-14(13)17-12/h4-6,12-14,17H,3,7-9H2,1-2H3,(H,18,19). The summed E-state index contributed by atoms with van der Waals surface area (Å²) in [5.74, 6) is 0.353. The summed E-state index contributed by atoms with van der Waals surface area (Å²) in [4.78, 5) is 12.5. The zero-order valence-electron chi connectivity index (χ0n) is 11.7. The molecule has 3 unspecified atom stereocenters. The first kappa shape index (κ1) is 12.7. The molecule has 0 saturated carbocycles. The maximum Gasteiger partial charge on any atom is 0.229 e. The first-order chi connectivity index (χ1) is 9.19. The van der Waals surface area contributed by atoms with Crippen molar-refractivity contribution in [3.8, 4) is 0 Å². The van der Waals surface area contributed by atoms with Crippen LogP contribution in [0.4, 0.5) is 5.69 Å². The number of para-hydroxylation sites is 1. The number of anilines is 1. The largest absolute Gasteiger partial charge is 0.325 e. The maximum absolute atomic E-state index is 12.5. The number of benzene rings is 1. The highest BCUT2D eigenvalue weighted by atomic mass is 16.2. The fourth-order valence-corrected chi connectivity index (χ4v) is 3.53. The van der Waals surface area contributed by atoms with Gasteiger partial charge in [-0.3, -0.25) is 4.79 Å². The van der Waals surface area contributed by atoms with Gasteiger partial charge in [-0.15, -0.1) is 0 Å². The van der Waals surface area contributed by atoms with E-state index in [4.69, 9.17) is 0 Å². The average Bonchev–Trinajstić information content (AvgIpc) is 3.03. The molecule has 3 heteroatoms. The molecule has 2 heterocycles. The van der Waals surface area contributed by atoms with Gasteiger partial charge in [0.1, 0.15) is 0 Å². The zero-order valence-corrected chi connectivity index (χ0v) is 11.7. The highest BCUT2D eigenvalue weighted by Crippen LogP contribution is 2.34. The zero-order chi connectivity index (χ0) is 13.4. The molecule has 19 heavy (non-hydrogen) atoms. The van der Waals surface area contributed by atoms with Crippen LogP contribution in [0.15, 0.2) is 18.2 Å². The number of hydrogen-bond donors (Lipinski definition) is 2. The van der Waals surface area contributed by atoms with E-state index >= 15 is 0 Å². The van der Waals surface area contributed by atoms with Crippen LogP contribution in [0.5, 0.6) is 0 Å². The molecule has 0 radical (unpaired) electrons. The molecule has 3 rings (SSSR count). The molecule has 2 aliphatic heterocycles. The van der Waals surface area contributed by atoms with Gasteiger partial charge in [-0.1, -0.05) is 25.1 Å². The van der Waals surface area contributed by atoms with Crippen molar-refractivity contribution >= 4 is 11.6 Å². The third-order valence-corrected chi connectivity index (χ3v) is 4.63. The van der Waals surface area contributed by atoms with Crippen molar-refractivity contribution in [1.82, 2.24) is 5.32 Å². The molecule has 1 aromatic carbocycles. The van der Waals surface area contributed by atoms with E-state index < -0.39 is 0 Å². The number of carbonyl (C=O) groups is 1. The minimum Gasteiger partial charge on any atom is -0.325 e. The smallest absolute Gasteiger partial charge is 0.229 e. The highest BCUT2D eigenvalue weighted by Gasteiger charge is 2.42. The average molecular weight is 258 g/mol. The predicted octanol–water partition coefficient (Wildman–Crippen LogP) is 2.64. The van der Waals surface area contributed by atoms with Gasteiger partial charge in [0.25, 0.3) is 0 Å². The van der Waals surface area contributed by atoms with Crippen molar-refractivity contribution in [3.05, 3.63) is 29.3 Å². The quantitative estimate of drug-likeness (QED) is 0.875. The number of fused-ring (bicyclic) bond motifs is 2. The summed E-state index contributed by atoms with van der Waals surface area (Å²) in [6.45, 7) is 4.19. The van der Waals surface area contributed by atoms with Crippen molar-refractivity contribution < 1.29 is 4.79 Å². The monoisotopic (exact) mass is 258 g/mol. The predicted molar refractivity (Wildman–Crippen MR) is 77.2 cm³/mol. The summed E-state index contributed by atoms with van der Waals surface area (Å²) < 4.78 is 0. The molecule has 0 aliphatic carbocycles. The van der Waals surface area contributed by atoms with Gasteiger partial charge >= 0.3 is 0 Å². The molecule has 2 N–H and O–H groups in total. The molecule has 3 nitrogen and oxygen atoms in total. The van der Waals surface area contributed by atoms with Gasteiger partial charge in [-0.25, -0.2) is 0 Å². The highest BCUT2D eigenvalue weighted by molar-refractivity contribution is 5.94. The molecular formula is C16H22N2O. The van der Waals surface area contributed by atoms with Gasteiger partial charge < -0.3 is 10.6 Å². The lowest BCUT2D eigenvalue weighted by Gasteiger charge is -2.21. The SMILES string of the molecule is CCc1cccc(C)c1NC(=O)C1CC2CCC1N2. The fourth-order valence-electron chi connectivity index (χ4n) is 3.53. The van der Waals surface area contributed by atoms with Gasteiger partial charge in [0.05, 0.1) is 5.92 Å². The number of carbonyl (C=O) groups excluding carboxylic acids is 1. The molecule has 2 fully saturated rings. The van der Waals surface area contributed by atoms with Crippen molar-refractivity contribution in [2.75, 3.05) is 5.32 Å². The van der Waals surface area contributed by atoms with E-state index in [9.17, 15) is 4.79 Å². The van der Waals surface area contributed by atoms with Crippen LogP contribution < -0.4 is 10.6 Å². The Morgan fingerprint density at radius 2 is 2.26 bits per heavy atom. The third kappa shape index (κ3) is 2.27. The molecular weight excluding hydrogens is 236 g/mol. The summed E-state index contributed by atoms with van der Waals surface area (Å²) in [6, 6.07) is 7.20. The van der Waals surface area contributed by atoms with Crippen LogP contribution in [0, 0.1) is 12.8 Å². The molecule has 2 saturated heterocycles. The number of hydrogen-bond acceptors (Lipinski definition) is 2. The van der Waals surface area contributed by atoms with E-state index in [1.165, 1.54) is 12.0 Å². The Balaban J connectivity index is 1.76. The molecule has 1 amide bonds. The number of aryl methyl sites for hydroxylation is 2. The minimum atomic E-state index is 0.156. The van der Waals surface area contributed by atoms with E-state index in [0.717, 1.165) is 30.5 Å². The van der Waals surface area contributed by atoms with Crippen LogP contribution in [0.25, 0.3) is 0 Å². The molecule has 2 bridgehead atoms. The van der Waals surface area contributed by atoms with Gasteiger partial charge in [-0.2, -0.15) is 0 Å². The van der Waals surface area contributed by atoms with Crippen LogP contribution in [0.1, 0.15) is 37.3 Å². The van der Waals surface area contributed by atoms with E-state index in [2.05, 4.69) is 42.7 Å². The molecule has 0 spiro atoms. The lowest BCUT2D eigenvalue weighted by atomic mass is 9.88. The second kappa shape index (κ2) is 4.97. The molecule has 2 aliphatic rings. The normalized spacial score (nSPS) is 28.6. The Bertz CT molecular complexity index is 498. The van der Waals surface area contributed by atoms with E-state index in [1.807, 2.05) is 0 Å². The Morgan fingerprint density at radius 3 is 2.89 bits per heavy atom. The van der Waals surface area contributed by atoms with Crippen molar-refractivity contribution in [1.29, 1.82) is 0 Å². The molecule has 3 atom stereocenters. The third-order valence-electron chi connectivity index (χ3n) is 4.63. The van der Waals surface area contributed by atoms with E-state index in [0.29, 0.717) is 12.1 Å². The fraction of sp³-hybridized carbons (Fsp3) is 0.562. The van der Waals surface area contributed by atoms with Crippen molar-refractivity contribution in [2.24, 2.45) is 5.92 Å². The van der Waals surface area contributed by atoms with Crippen molar-refractivity contribution in [2.45, 2.75) is 51.6 Å². The Morgan fingerprint density at radius 1 is 1.42 bits per heavy atom. The molecule has 0 aromatic heterocycles. The van der Waals surface area contributed by atoms with Crippen molar-refractivity contribution in [3.63, 3.8) is 0 Å². The van der Waals surface area contributed by atoms with Gasteiger partial charge in [-0.05, 0) is 43.7 Å². The topological polar surface area (TPSA) is 41.1 Å². The van der Waals surface area contributed by atoms with Crippen LogP contribution in [0.3, 0.4) is 0 Å². The van der Waals surface area contributed by atoms with Crippen LogP contribution in [0.2, 0.25) is 0 Å². The van der Waals surface area contributed by atoms with Gasteiger partial charge in [0.2, 0.25) is 5.91 Å². The minimum absolute atomic E-state index is 0.156. The lowest BCUT2D eigenvalue weighted by Crippen LogP contribution is -2.33. The Labute approximate surface area is 114 Å². The Kier molecular flexibility index (Phi) is 3.31. The summed E-state index contributed by atoms with van der Waals surface area (Å²) in [5, 5.41) is 6.70. The summed E-state index contributed by atoms with van der Waals surface area (Å²) in [5.41, 5.74) is 3.41. The second-order valence-corrected chi connectivity index (χ2v) is 5.84. The van der Waals surface area contributed by atoms with Crippen LogP contribution >= 0.6 is 0 Å². The molecule has 1 aromatic rings. The second-order valence-electron chi connectivity index (χ2n) is 5.84. The Hall–Kier alpha value is -1.35. The maximum atomic E-state index is 12.5. The first-order valence-electron chi connectivity index (χ1n) is 7.34. The summed E-state index contributed by atoms with van der Waals surface area (Å²) >= 11 is 0. The number of rotatable bonds is 3.